The zero-order valence-corrected chi connectivity index (χ0v) is 15.7. The van der Waals surface area contributed by atoms with Crippen molar-refractivity contribution in [2.24, 2.45) is 0 Å². The molecule has 0 saturated carbocycles. The number of hydrogen-bond donors (Lipinski definition) is 4. The van der Waals surface area contributed by atoms with Crippen molar-refractivity contribution in [3.05, 3.63) is 59.7 Å². The van der Waals surface area contributed by atoms with Crippen molar-refractivity contribution in [3.63, 3.8) is 0 Å². The predicted molar refractivity (Wildman–Crippen MR) is 104 cm³/mol. The number of nitrogens with one attached hydrogen (secondary N) is 3. The lowest BCUT2D eigenvalue weighted by Gasteiger charge is -2.11. The van der Waals surface area contributed by atoms with Gasteiger partial charge in [0.25, 0.3) is 5.91 Å². The Balaban J connectivity index is 1.94. The summed E-state index contributed by atoms with van der Waals surface area (Å²) in [4.78, 5) is 34.7. The summed E-state index contributed by atoms with van der Waals surface area (Å²) in [6, 6.07) is 13.1. The highest BCUT2D eigenvalue weighted by molar-refractivity contribution is 5.96. The summed E-state index contributed by atoms with van der Waals surface area (Å²) in [5, 5.41) is 16.8. The van der Waals surface area contributed by atoms with E-state index in [1.807, 2.05) is 13.8 Å². The summed E-state index contributed by atoms with van der Waals surface area (Å²) in [5.41, 5.74) is 1.68. The second kappa shape index (κ2) is 9.96. The van der Waals surface area contributed by atoms with Gasteiger partial charge in [-0.25, -0.2) is 9.59 Å². The number of urea groups is 1. The third-order valence-electron chi connectivity index (χ3n) is 3.52. The number of aliphatic carboxylic acids is 1. The number of carbonyl (C=O) groups excluding carboxylic acids is 2. The molecule has 8 heteroatoms. The summed E-state index contributed by atoms with van der Waals surface area (Å²) in [6.07, 6.45) is 0. The van der Waals surface area contributed by atoms with E-state index < -0.39 is 12.6 Å². The summed E-state index contributed by atoms with van der Waals surface area (Å²) in [7, 11) is 0. The van der Waals surface area contributed by atoms with Crippen LogP contribution in [0.25, 0.3) is 0 Å². The van der Waals surface area contributed by atoms with Gasteiger partial charge < -0.3 is 25.8 Å². The number of hydrogen-bond acceptors (Lipinski definition) is 4. The van der Waals surface area contributed by atoms with Crippen molar-refractivity contribution in [2.45, 2.75) is 26.4 Å². The van der Waals surface area contributed by atoms with Gasteiger partial charge in [0.2, 0.25) is 0 Å². The van der Waals surface area contributed by atoms with E-state index in [-0.39, 0.29) is 24.5 Å². The third kappa shape index (κ3) is 6.99. The Labute approximate surface area is 162 Å². The molecule has 2 aromatic rings. The first-order valence-corrected chi connectivity index (χ1v) is 8.73. The minimum Gasteiger partial charge on any atom is -0.482 e. The lowest BCUT2D eigenvalue weighted by atomic mass is 10.1. The Hall–Kier alpha value is -3.55. The maximum absolute atomic E-state index is 12.4. The zero-order valence-electron chi connectivity index (χ0n) is 15.7. The van der Waals surface area contributed by atoms with E-state index in [4.69, 9.17) is 9.84 Å². The molecular formula is C20H23N3O5. The average Bonchev–Trinajstić information content (AvgIpc) is 2.64. The van der Waals surface area contributed by atoms with Crippen LogP contribution in [0.1, 0.15) is 29.8 Å². The molecule has 0 aliphatic heterocycles. The second-order valence-corrected chi connectivity index (χ2v) is 6.35. The molecule has 0 aliphatic carbocycles. The number of benzene rings is 2. The maximum atomic E-state index is 12.4. The Morgan fingerprint density at radius 2 is 1.82 bits per heavy atom. The highest BCUT2D eigenvalue weighted by Crippen LogP contribution is 2.14. The molecule has 0 fully saturated rings. The molecule has 0 atom stereocenters. The SMILES string of the molecule is CC(C)NC(=O)Nc1cccc(C(=O)NCc2cccc(OCC(=O)O)c2)c1. The molecular weight excluding hydrogens is 362 g/mol. The molecule has 0 heterocycles. The first-order valence-electron chi connectivity index (χ1n) is 8.73. The molecule has 28 heavy (non-hydrogen) atoms. The molecule has 0 bridgehead atoms. The fourth-order valence-corrected chi connectivity index (χ4v) is 2.34. The average molecular weight is 385 g/mol. The summed E-state index contributed by atoms with van der Waals surface area (Å²) >= 11 is 0. The number of carbonyl (C=O) groups is 3. The van der Waals surface area contributed by atoms with Crippen LogP contribution in [-0.2, 0) is 11.3 Å². The molecule has 148 valence electrons. The fourth-order valence-electron chi connectivity index (χ4n) is 2.34. The summed E-state index contributed by atoms with van der Waals surface area (Å²) in [6.45, 7) is 3.52. The molecule has 3 amide bonds. The van der Waals surface area contributed by atoms with E-state index in [1.165, 1.54) is 0 Å². The molecule has 0 aliphatic rings. The van der Waals surface area contributed by atoms with E-state index in [0.29, 0.717) is 17.0 Å². The number of carboxylic acid groups (broad SMARTS) is 1. The van der Waals surface area contributed by atoms with Crippen LogP contribution in [-0.4, -0.2) is 35.7 Å². The van der Waals surface area contributed by atoms with Gasteiger partial charge in [0.15, 0.2) is 6.61 Å². The Morgan fingerprint density at radius 1 is 1.07 bits per heavy atom. The van der Waals surface area contributed by atoms with Crippen LogP contribution < -0.4 is 20.7 Å². The number of rotatable bonds is 8. The van der Waals surface area contributed by atoms with Gasteiger partial charge in [-0.2, -0.15) is 0 Å². The normalized spacial score (nSPS) is 10.2. The number of anilines is 1. The number of carboxylic acids is 1. The fraction of sp³-hybridized carbons (Fsp3) is 0.250. The van der Waals surface area contributed by atoms with Crippen LogP contribution in [0.4, 0.5) is 10.5 Å². The number of ether oxygens (including phenoxy) is 1. The lowest BCUT2D eigenvalue weighted by Crippen LogP contribution is -2.34. The van der Waals surface area contributed by atoms with Gasteiger partial charge in [0.05, 0.1) is 0 Å². The van der Waals surface area contributed by atoms with Gasteiger partial charge >= 0.3 is 12.0 Å². The smallest absolute Gasteiger partial charge is 0.341 e. The van der Waals surface area contributed by atoms with Gasteiger partial charge in [-0.1, -0.05) is 18.2 Å². The molecule has 2 rings (SSSR count). The quantitative estimate of drug-likeness (QED) is 0.557. The van der Waals surface area contributed by atoms with Crippen molar-refractivity contribution in [2.75, 3.05) is 11.9 Å². The molecule has 0 unspecified atom stereocenters. The minimum absolute atomic E-state index is 0.00160. The van der Waals surface area contributed by atoms with Gasteiger partial charge in [-0.15, -0.1) is 0 Å². The molecule has 2 aromatic carbocycles. The Kier molecular flexibility index (Phi) is 7.38. The first-order chi connectivity index (χ1) is 13.3. The van der Waals surface area contributed by atoms with Crippen molar-refractivity contribution in [1.29, 1.82) is 0 Å². The maximum Gasteiger partial charge on any atom is 0.341 e. The van der Waals surface area contributed by atoms with Gasteiger partial charge in [0, 0.05) is 23.8 Å². The van der Waals surface area contributed by atoms with E-state index in [0.717, 1.165) is 5.56 Å². The lowest BCUT2D eigenvalue weighted by molar-refractivity contribution is -0.139. The predicted octanol–water partition coefficient (Wildman–Crippen LogP) is 2.61. The van der Waals surface area contributed by atoms with Crippen LogP contribution in [0, 0.1) is 0 Å². The van der Waals surface area contributed by atoms with Crippen molar-refractivity contribution < 1.29 is 24.2 Å². The molecule has 8 nitrogen and oxygen atoms in total. The third-order valence-corrected chi connectivity index (χ3v) is 3.52. The van der Waals surface area contributed by atoms with Crippen LogP contribution in [0.15, 0.2) is 48.5 Å². The van der Waals surface area contributed by atoms with Gasteiger partial charge in [-0.3, -0.25) is 4.79 Å². The summed E-state index contributed by atoms with van der Waals surface area (Å²) in [5.74, 6) is -0.949. The topological polar surface area (TPSA) is 117 Å². The summed E-state index contributed by atoms with van der Waals surface area (Å²) < 4.78 is 5.12. The van der Waals surface area contributed by atoms with Crippen molar-refractivity contribution in [1.82, 2.24) is 10.6 Å². The standard InChI is InChI=1S/C20H23N3O5/c1-13(2)22-20(27)23-16-7-4-6-15(10-16)19(26)21-11-14-5-3-8-17(9-14)28-12-18(24)25/h3-10,13H,11-12H2,1-2H3,(H,21,26)(H,24,25)(H2,22,23,27). The van der Waals surface area contributed by atoms with Crippen molar-refractivity contribution >= 4 is 23.6 Å². The monoisotopic (exact) mass is 385 g/mol. The first kappa shape index (κ1) is 20.8. The van der Waals surface area contributed by atoms with E-state index in [9.17, 15) is 14.4 Å². The highest BCUT2D eigenvalue weighted by atomic mass is 16.5. The molecule has 4 N–H and O–H groups in total. The highest BCUT2D eigenvalue weighted by Gasteiger charge is 2.09. The molecule has 0 saturated heterocycles. The van der Waals surface area contributed by atoms with E-state index in [1.54, 1.807) is 48.5 Å². The van der Waals surface area contributed by atoms with Gasteiger partial charge in [-0.05, 0) is 49.7 Å². The van der Waals surface area contributed by atoms with Crippen LogP contribution >= 0.6 is 0 Å². The van der Waals surface area contributed by atoms with Crippen LogP contribution in [0.3, 0.4) is 0 Å². The van der Waals surface area contributed by atoms with Crippen LogP contribution in [0.5, 0.6) is 5.75 Å². The molecule has 0 radical (unpaired) electrons. The van der Waals surface area contributed by atoms with E-state index in [2.05, 4.69) is 16.0 Å². The molecule has 0 aromatic heterocycles. The van der Waals surface area contributed by atoms with Crippen LogP contribution in [0.2, 0.25) is 0 Å². The second-order valence-electron chi connectivity index (χ2n) is 6.35. The van der Waals surface area contributed by atoms with E-state index >= 15 is 0 Å². The minimum atomic E-state index is -1.06. The largest absolute Gasteiger partial charge is 0.482 e. The van der Waals surface area contributed by atoms with Crippen molar-refractivity contribution in [3.8, 4) is 5.75 Å². The Morgan fingerprint density at radius 3 is 2.54 bits per heavy atom. The zero-order chi connectivity index (χ0) is 20.5. The Bertz CT molecular complexity index is 851. The molecule has 0 spiro atoms. The van der Waals surface area contributed by atoms with Gasteiger partial charge in [0.1, 0.15) is 5.75 Å². The number of amides is 3.